The summed E-state index contributed by atoms with van der Waals surface area (Å²) >= 11 is 10.5. The normalized spacial score (nSPS) is 12.7. The Morgan fingerprint density at radius 1 is 1.32 bits per heavy atom. The number of benzene rings is 1. The summed E-state index contributed by atoms with van der Waals surface area (Å²) < 4.78 is 17.7. The zero-order valence-electron chi connectivity index (χ0n) is 10.6. The minimum atomic E-state index is -1.68. The second-order valence-electron chi connectivity index (χ2n) is 3.97. The molecule has 1 unspecified atom stereocenters. The molecule has 0 N–H and O–H groups in total. The summed E-state index contributed by atoms with van der Waals surface area (Å²) in [6, 6.07) is 5.49. The average Bonchev–Trinajstić information content (AvgIpc) is 2.69. The Bertz CT molecular complexity index is 655. The van der Waals surface area contributed by atoms with Crippen LogP contribution in [-0.4, -0.2) is 20.5 Å². The minimum Gasteiger partial charge on any atom is -0.276 e. The van der Waals surface area contributed by atoms with Gasteiger partial charge in [-0.2, -0.15) is 9.19 Å². The molecule has 0 saturated carbocycles. The Morgan fingerprint density at radius 2 is 2.00 bits per heavy atom. The number of hydrogen-bond acceptors (Lipinski definition) is 3. The summed E-state index contributed by atoms with van der Waals surface area (Å²) in [5.41, 5.74) is 2.89. The highest BCUT2D eigenvalue weighted by Gasteiger charge is 2.18. The van der Waals surface area contributed by atoms with Gasteiger partial charge in [-0.3, -0.25) is 4.18 Å². The molecule has 2 aromatic rings. The molecule has 1 heterocycles. The van der Waals surface area contributed by atoms with Gasteiger partial charge in [0.1, 0.15) is 5.69 Å². The van der Waals surface area contributed by atoms with Crippen molar-refractivity contribution in [3.05, 3.63) is 39.5 Å². The molecular formula is C12H12Cl2N2O2S. The average molecular weight is 319 g/mol. The molecule has 19 heavy (non-hydrogen) atoms. The van der Waals surface area contributed by atoms with Crippen molar-refractivity contribution in [2.45, 2.75) is 13.8 Å². The van der Waals surface area contributed by atoms with Gasteiger partial charge in [0.05, 0.1) is 17.8 Å². The highest BCUT2D eigenvalue weighted by molar-refractivity contribution is 7.78. The molecule has 7 heteroatoms. The highest BCUT2D eigenvalue weighted by Crippen LogP contribution is 2.31. The summed E-state index contributed by atoms with van der Waals surface area (Å²) in [5, 5.41) is 5.37. The largest absolute Gasteiger partial charge is 0.285 e. The first-order valence-electron chi connectivity index (χ1n) is 5.44. The van der Waals surface area contributed by atoms with Crippen molar-refractivity contribution in [3.63, 3.8) is 0 Å². The van der Waals surface area contributed by atoms with Crippen molar-refractivity contribution >= 4 is 34.5 Å². The Balaban J connectivity index is 2.57. The first-order chi connectivity index (χ1) is 8.95. The highest BCUT2D eigenvalue weighted by atomic mass is 35.5. The third-order valence-corrected chi connectivity index (χ3v) is 4.52. The molecule has 4 nitrogen and oxygen atoms in total. The third-order valence-electron chi connectivity index (χ3n) is 2.72. The van der Waals surface area contributed by atoms with E-state index in [2.05, 4.69) is 5.10 Å². The molecule has 0 aliphatic heterocycles. The molecule has 0 saturated heterocycles. The van der Waals surface area contributed by atoms with Crippen LogP contribution >= 0.6 is 23.2 Å². The first kappa shape index (κ1) is 14.5. The van der Waals surface area contributed by atoms with Crippen molar-refractivity contribution in [2.24, 2.45) is 0 Å². The van der Waals surface area contributed by atoms with E-state index < -0.39 is 11.3 Å². The Kier molecular flexibility index (Phi) is 4.30. The lowest BCUT2D eigenvalue weighted by atomic mass is 10.1. The lowest BCUT2D eigenvalue weighted by Crippen LogP contribution is -2.09. The number of aryl methyl sites for hydroxylation is 1. The van der Waals surface area contributed by atoms with Crippen molar-refractivity contribution in [3.8, 4) is 11.3 Å². The summed E-state index contributed by atoms with van der Waals surface area (Å²) in [5.74, 6) is 0. The molecule has 0 amide bonds. The Morgan fingerprint density at radius 3 is 2.58 bits per heavy atom. The van der Waals surface area contributed by atoms with Gasteiger partial charge in [-0.15, -0.1) is 0 Å². The van der Waals surface area contributed by atoms with Crippen molar-refractivity contribution in [1.82, 2.24) is 9.19 Å². The predicted molar refractivity (Wildman–Crippen MR) is 77.7 cm³/mol. The van der Waals surface area contributed by atoms with E-state index in [4.69, 9.17) is 27.4 Å². The van der Waals surface area contributed by atoms with Crippen molar-refractivity contribution in [1.29, 1.82) is 0 Å². The van der Waals surface area contributed by atoms with E-state index >= 15 is 0 Å². The van der Waals surface area contributed by atoms with Gasteiger partial charge in [0, 0.05) is 10.6 Å². The summed E-state index contributed by atoms with van der Waals surface area (Å²) in [6.45, 7) is 3.63. The van der Waals surface area contributed by atoms with Gasteiger partial charge in [-0.1, -0.05) is 29.3 Å². The van der Waals surface area contributed by atoms with Crippen LogP contribution in [0.5, 0.6) is 0 Å². The van der Waals surface area contributed by atoms with Gasteiger partial charge in [0.25, 0.3) is 11.3 Å². The first-order valence-corrected chi connectivity index (χ1v) is 7.23. The summed E-state index contributed by atoms with van der Waals surface area (Å²) in [6.07, 6.45) is 0. The fourth-order valence-corrected chi connectivity index (χ4v) is 2.66. The van der Waals surface area contributed by atoms with Crippen LogP contribution in [0.25, 0.3) is 11.3 Å². The van der Waals surface area contributed by atoms with E-state index in [-0.39, 0.29) is 0 Å². The number of hydrogen-bond donors (Lipinski definition) is 0. The zero-order valence-corrected chi connectivity index (χ0v) is 12.9. The van der Waals surface area contributed by atoms with E-state index in [0.29, 0.717) is 21.4 Å². The zero-order chi connectivity index (χ0) is 14.2. The quantitative estimate of drug-likeness (QED) is 0.869. The number of rotatable bonds is 3. The van der Waals surface area contributed by atoms with E-state index in [1.54, 1.807) is 13.0 Å². The van der Waals surface area contributed by atoms with Crippen LogP contribution in [0, 0.1) is 13.8 Å². The van der Waals surface area contributed by atoms with Gasteiger partial charge in [0.15, 0.2) is 0 Å². The van der Waals surface area contributed by atoms with Crippen LogP contribution < -0.4 is 0 Å². The van der Waals surface area contributed by atoms with Crippen LogP contribution in [0.15, 0.2) is 18.2 Å². The third kappa shape index (κ3) is 2.69. The fourth-order valence-electron chi connectivity index (χ4n) is 1.66. The van der Waals surface area contributed by atoms with Crippen molar-refractivity contribution < 1.29 is 8.39 Å². The molecule has 0 radical (unpaired) electrons. The maximum absolute atomic E-state index is 11.7. The SMILES string of the molecule is COS(=O)n1nc(-c2ccc(Cl)c(C)c2)c(Cl)c1C. The second kappa shape index (κ2) is 5.63. The van der Waals surface area contributed by atoms with Gasteiger partial charge >= 0.3 is 0 Å². The number of aromatic nitrogens is 2. The van der Waals surface area contributed by atoms with Crippen LogP contribution in [0.2, 0.25) is 10.0 Å². The Hall–Kier alpha value is -0.880. The molecular weight excluding hydrogens is 307 g/mol. The maximum atomic E-state index is 11.7. The lowest BCUT2D eigenvalue weighted by Gasteiger charge is -2.01. The predicted octanol–water partition coefficient (Wildman–Crippen LogP) is 3.55. The van der Waals surface area contributed by atoms with Crippen LogP contribution in [0.1, 0.15) is 11.3 Å². The van der Waals surface area contributed by atoms with Gasteiger partial charge in [-0.25, -0.2) is 4.21 Å². The topological polar surface area (TPSA) is 44.1 Å². The molecule has 0 aliphatic rings. The van der Waals surface area contributed by atoms with Crippen LogP contribution in [-0.2, 0) is 15.4 Å². The molecule has 0 fully saturated rings. The van der Waals surface area contributed by atoms with E-state index in [0.717, 1.165) is 11.1 Å². The monoisotopic (exact) mass is 318 g/mol. The summed E-state index contributed by atoms with van der Waals surface area (Å²) in [7, 11) is 1.34. The number of nitrogens with zero attached hydrogens (tertiary/aromatic N) is 2. The molecule has 102 valence electrons. The molecule has 0 spiro atoms. The summed E-state index contributed by atoms with van der Waals surface area (Å²) in [4.78, 5) is 0. The maximum Gasteiger partial charge on any atom is 0.285 e. The standard InChI is InChI=1S/C12H12Cl2N2O2S/c1-7-6-9(4-5-10(7)13)12-11(14)8(2)16(15-12)19(17)18-3/h4-6H,1-3H3. The van der Waals surface area contributed by atoms with Crippen molar-refractivity contribution in [2.75, 3.05) is 7.11 Å². The van der Waals surface area contributed by atoms with Crippen LogP contribution in [0.3, 0.4) is 0 Å². The fraction of sp³-hybridized carbons (Fsp3) is 0.250. The van der Waals surface area contributed by atoms with Gasteiger partial charge < -0.3 is 0 Å². The van der Waals surface area contributed by atoms with Gasteiger partial charge in [0.2, 0.25) is 0 Å². The molecule has 1 atom stereocenters. The van der Waals surface area contributed by atoms with Gasteiger partial charge in [-0.05, 0) is 31.5 Å². The molecule has 1 aromatic carbocycles. The molecule has 1 aromatic heterocycles. The lowest BCUT2D eigenvalue weighted by molar-refractivity contribution is 0.434. The molecule has 2 rings (SSSR count). The molecule has 0 bridgehead atoms. The minimum absolute atomic E-state index is 0.451. The second-order valence-corrected chi connectivity index (χ2v) is 5.87. The smallest absolute Gasteiger partial charge is 0.276 e. The Labute approximate surface area is 124 Å². The number of halogens is 2. The van der Waals surface area contributed by atoms with E-state index in [9.17, 15) is 4.21 Å². The van der Waals surface area contributed by atoms with E-state index in [1.165, 1.54) is 11.2 Å². The van der Waals surface area contributed by atoms with Crippen LogP contribution in [0.4, 0.5) is 0 Å². The van der Waals surface area contributed by atoms with E-state index in [1.807, 2.05) is 19.1 Å². The molecule has 0 aliphatic carbocycles.